The van der Waals surface area contributed by atoms with Gasteiger partial charge in [-0.25, -0.2) is 0 Å². The standard InChI is InChI=1S/C10H18O7P2/c1-12-18(11,13-2)10(9-6-7-17-8-9)19(14-3,15-4)16-5/h6-8H,1-5H3. The van der Waals surface area contributed by atoms with Crippen molar-refractivity contribution in [2.75, 3.05) is 35.5 Å². The fourth-order valence-electron chi connectivity index (χ4n) is 1.59. The SMILES string of the molecule is COP(=O)(OC)C(c1ccoc1)=P(OC)(OC)OC. The van der Waals surface area contributed by atoms with Crippen LogP contribution in [0.2, 0.25) is 0 Å². The molecule has 0 aliphatic carbocycles. The van der Waals surface area contributed by atoms with E-state index in [4.69, 9.17) is 27.0 Å². The predicted octanol–water partition coefficient (Wildman–Crippen LogP) is 2.95. The predicted molar refractivity (Wildman–Crippen MR) is 72.4 cm³/mol. The van der Waals surface area contributed by atoms with Crippen LogP contribution in [-0.4, -0.2) is 40.6 Å². The maximum atomic E-state index is 12.7. The quantitative estimate of drug-likeness (QED) is 0.716. The molecule has 7 nitrogen and oxygen atoms in total. The summed E-state index contributed by atoms with van der Waals surface area (Å²) >= 11 is 0. The van der Waals surface area contributed by atoms with Crippen molar-refractivity contribution in [2.24, 2.45) is 0 Å². The molecule has 0 N–H and O–H groups in total. The molecule has 0 unspecified atom stereocenters. The Kier molecular flexibility index (Phi) is 6.02. The summed E-state index contributed by atoms with van der Waals surface area (Å²) in [6, 6.07) is 1.60. The number of hydrogen-bond acceptors (Lipinski definition) is 7. The highest BCUT2D eigenvalue weighted by Gasteiger charge is 2.41. The van der Waals surface area contributed by atoms with Gasteiger partial charge in [0.1, 0.15) is 5.03 Å². The molecule has 0 saturated carbocycles. The highest BCUT2D eigenvalue weighted by molar-refractivity contribution is 7.89. The minimum Gasteiger partial charge on any atom is -0.472 e. The van der Waals surface area contributed by atoms with Crippen molar-refractivity contribution in [1.29, 1.82) is 0 Å². The van der Waals surface area contributed by atoms with Gasteiger partial charge in [-0.1, -0.05) is 0 Å². The van der Waals surface area contributed by atoms with Crippen molar-refractivity contribution < 1.29 is 31.6 Å². The summed E-state index contributed by atoms with van der Waals surface area (Å²) in [6.45, 7) is 0. The van der Waals surface area contributed by atoms with Gasteiger partial charge in [0.05, 0.1) is 12.5 Å². The zero-order valence-corrected chi connectivity index (χ0v) is 13.3. The maximum absolute atomic E-state index is 12.7. The van der Waals surface area contributed by atoms with Gasteiger partial charge < -0.3 is 27.0 Å². The summed E-state index contributed by atoms with van der Waals surface area (Å²) in [7, 11) is 0.0847. The van der Waals surface area contributed by atoms with E-state index in [1.807, 2.05) is 0 Å². The van der Waals surface area contributed by atoms with Crippen LogP contribution in [0, 0.1) is 0 Å². The van der Waals surface area contributed by atoms with E-state index in [-0.39, 0.29) is 5.03 Å². The summed E-state index contributed by atoms with van der Waals surface area (Å²) in [5, 5.41) is 0.172. The van der Waals surface area contributed by atoms with E-state index in [0.29, 0.717) is 5.56 Å². The van der Waals surface area contributed by atoms with Crippen LogP contribution >= 0.6 is 15.2 Å². The van der Waals surface area contributed by atoms with E-state index < -0.39 is 15.2 Å². The van der Waals surface area contributed by atoms with Crippen molar-refractivity contribution in [2.45, 2.75) is 0 Å². The van der Waals surface area contributed by atoms with Crippen LogP contribution in [0.1, 0.15) is 5.56 Å². The summed E-state index contributed by atoms with van der Waals surface area (Å²) in [5.41, 5.74) is 0.478. The lowest BCUT2D eigenvalue weighted by atomic mass is 10.4. The molecule has 0 amide bonds. The fraction of sp³-hybridized carbons (Fsp3) is 0.500. The van der Waals surface area contributed by atoms with Crippen molar-refractivity contribution in [1.82, 2.24) is 0 Å². The zero-order valence-electron chi connectivity index (χ0n) is 11.5. The smallest absolute Gasteiger partial charge is 0.368 e. The number of rotatable bonds is 7. The van der Waals surface area contributed by atoms with Crippen molar-refractivity contribution >= 4 is 20.2 Å². The Bertz CT molecular complexity index is 467. The summed E-state index contributed by atoms with van der Waals surface area (Å²) < 4.78 is 43.8. The summed E-state index contributed by atoms with van der Waals surface area (Å²) in [6.07, 6.45) is 2.83. The first-order valence-electron chi connectivity index (χ1n) is 5.22. The minimum atomic E-state index is -3.62. The van der Waals surface area contributed by atoms with E-state index in [0.717, 1.165) is 0 Å². The molecule has 1 aromatic rings. The molecule has 0 spiro atoms. The van der Waals surface area contributed by atoms with Crippen LogP contribution in [-0.2, 0) is 27.2 Å². The maximum Gasteiger partial charge on any atom is 0.368 e. The lowest BCUT2D eigenvalue weighted by Crippen LogP contribution is -2.11. The molecular formula is C10H18O7P2. The fourth-order valence-corrected chi connectivity index (χ4v) is 6.36. The van der Waals surface area contributed by atoms with Crippen LogP contribution in [0.5, 0.6) is 0 Å². The van der Waals surface area contributed by atoms with Crippen LogP contribution in [0.3, 0.4) is 0 Å². The molecule has 1 rings (SSSR count). The molecule has 0 bridgehead atoms. The monoisotopic (exact) mass is 312 g/mol. The molecule has 0 radical (unpaired) electrons. The molecule has 0 atom stereocenters. The van der Waals surface area contributed by atoms with Crippen LogP contribution in [0.15, 0.2) is 23.0 Å². The Balaban J connectivity index is 3.70. The highest BCUT2D eigenvalue weighted by Crippen LogP contribution is 2.64. The highest BCUT2D eigenvalue weighted by atomic mass is 31.2. The van der Waals surface area contributed by atoms with Gasteiger partial charge in [-0.3, -0.25) is 4.57 Å². The van der Waals surface area contributed by atoms with E-state index in [1.54, 1.807) is 6.07 Å². The van der Waals surface area contributed by atoms with Crippen LogP contribution < -0.4 is 0 Å². The van der Waals surface area contributed by atoms with Crippen LogP contribution in [0.25, 0.3) is 0 Å². The molecule has 0 aliphatic heterocycles. The molecule has 110 valence electrons. The molecular weight excluding hydrogens is 294 g/mol. The van der Waals surface area contributed by atoms with Gasteiger partial charge in [0.15, 0.2) is 0 Å². The lowest BCUT2D eigenvalue weighted by Gasteiger charge is -2.27. The van der Waals surface area contributed by atoms with Gasteiger partial charge in [-0.15, -0.1) is 0 Å². The second-order valence-corrected chi connectivity index (χ2v) is 8.31. The lowest BCUT2D eigenvalue weighted by molar-refractivity contribution is 0.232. The van der Waals surface area contributed by atoms with E-state index in [2.05, 4.69) is 0 Å². The van der Waals surface area contributed by atoms with E-state index >= 15 is 0 Å². The van der Waals surface area contributed by atoms with Gasteiger partial charge in [0, 0.05) is 41.1 Å². The molecule has 0 aliphatic rings. The summed E-state index contributed by atoms with van der Waals surface area (Å²) in [4.78, 5) is 0. The molecule has 1 heterocycles. The third-order valence-corrected chi connectivity index (χ3v) is 7.93. The Hall–Kier alpha value is -0.390. The van der Waals surface area contributed by atoms with Gasteiger partial charge in [-0.05, 0) is 6.07 Å². The first-order valence-corrected chi connectivity index (χ1v) is 8.30. The van der Waals surface area contributed by atoms with Crippen molar-refractivity contribution in [3.63, 3.8) is 0 Å². The minimum absolute atomic E-state index is 0.172. The molecule has 0 saturated heterocycles. The third-order valence-electron chi connectivity index (χ3n) is 2.50. The molecule has 19 heavy (non-hydrogen) atoms. The van der Waals surface area contributed by atoms with Crippen molar-refractivity contribution in [3.8, 4) is 0 Å². The largest absolute Gasteiger partial charge is 0.472 e. The Morgan fingerprint density at radius 2 is 1.53 bits per heavy atom. The third kappa shape index (κ3) is 3.03. The van der Waals surface area contributed by atoms with Crippen LogP contribution in [0.4, 0.5) is 0 Å². The zero-order chi connectivity index (χ0) is 14.5. The van der Waals surface area contributed by atoms with E-state index in [9.17, 15) is 4.57 Å². The first-order chi connectivity index (χ1) is 9.03. The summed E-state index contributed by atoms with van der Waals surface area (Å²) in [5.74, 6) is 0. The normalized spacial score (nSPS) is 12.7. The molecule has 1 aromatic heterocycles. The van der Waals surface area contributed by atoms with Gasteiger partial charge in [0.2, 0.25) is 0 Å². The topological polar surface area (TPSA) is 76.4 Å². The van der Waals surface area contributed by atoms with Gasteiger partial charge in [-0.2, -0.15) is 0 Å². The molecule has 0 fully saturated rings. The molecule has 9 heteroatoms. The van der Waals surface area contributed by atoms with Gasteiger partial charge >= 0.3 is 7.60 Å². The van der Waals surface area contributed by atoms with Gasteiger partial charge in [0.25, 0.3) is 7.57 Å². The average Bonchev–Trinajstić information content (AvgIpc) is 2.97. The average molecular weight is 312 g/mol. The Morgan fingerprint density at radius 1 is 1.00 bits per heavy atom. The van der Waals surface area contributed by atoms with E-state index in [1.165, 1.54) is 48.1 Å². The second-order valence-electron chi connectivity index (χ2n) is 3.24. The second kappa shape index (κ2) is 6.86. The number of furan rings is 1. The molecule has 0 aromatic carbocycles. The first kappa shape index (κ1) is 16.7. The number of hydrogen-bond donors (Lipinski definition) is 0. The Labute approximate surface area is 112 Å². The Morgan fingerprint density at radius 3 is 1.84 bits per heavy atom. The van der Waals surface area contributed by atoms with Crippen molar-refractivity contribution in [3.05, 3.63) is 24.2 Å².